The topological polar surface area (TPSA) is 85.8 Å². The number of hydrogen-bond acceptors (Lipinski definition) is 2. The van der Waals surface area contributed by atoms with E-state index in [-0.39, 0.29) is 5.69 Å². The highest BCUT2D eigenvalue weighted by Gasteiger charge is 2.07. The molecule has 1 aromatic rings. The Morgan fingerprint density at radius 3 is 2.78 bits per heavy atom. The van der Waals surface area contributed by atoms with Gasteiger partial charge in [0.1, 0.15) is 6.20 Å². The molecule has 1 aromatic heterocycles. The zero-order valence-corrected chi connectivity index (χ0v) is 4.50. The molecule has 3 N–H and O–H groups in total. The maximum Gasteiger partial charge on any atom is 0.292 e. The van der Waals surface area contributed by atoms with Gasteiger partial charge in [0.15, 0.2) is 0 Å². The second kappa shape index (κ2) is 1.77. The molecular formula is C4H5N3O2. The molecule has 0 spiro atoms. The van der Waals surface area contributed by atoms with Crippen LogP contribution in [-0.4, -0.2) is 10.9 Å². The third-order valence-corrected chi connectivity index (χ3v) is 0.902. The maximum atomic E-state index is 10.4. The molecule has 1 rings (SSSR count). The molecule has 5 nitrogen and oxygen atoms in total. The zero-order chi connectivity index (χ0) is 6.85. The number of amides is 1. The number of hydrogen-bond donors (Lipinski definition) is 2. The summed E-state index contributed by atoms with van der Waals surface area (Å²) in [7, 11) is 0. The predicted molar refractivity (Wildman–Crippen MR) is 28.3 cm³/mol. The zero-order valence-electron chi connectivity index (χ0n) is 4.50. The Balaban J connectivity index is 3.08. The van der Waals surface area contributed by atoms with Gasteiger partial charge in [-0.1, -0.05) is 0 Å². The number of carbonyl (C=O) groups is 1. The smallest absolute Gasteiger partial charge is 0.292 e. The number of aromatic nitrogens is 2. The molecule has 0 aromatic carbocycles. The summed E-state index contributed by atoms with van der Waals surface area (Å²) in [5, 5.41) is 10.4. The van der Waals surface area contributed by atoms with Crippen LogP contribution in [0.4, 0.5) is 0 Å². The second-order valence-electron chi connectivity index (χ2n) is 1.52. The first-order chi connectivity index (χ1) is 4.22. The van der Waals surface area contributed by atoms with E-state index in [0.29, 0.717) is 4.73 Å². The van der Waals surface area contributed by atoms with Gasteiger partial charge in [0.25, 0.3) is 5.91 Å². The summed E-state index contributed by atoms with van der Waals surface area (Å²) in [5.41, 5.74) is 4.71. The largest absolute Gasteiger partial charge is 0.710 e. The highest BCUT2D eigenvalue weighted by atomic mass is 16.5. The van der Waals surface area contributed by atoms with Gasteiger partial charge < -0.3 is 10.9 Å². The average Bonchev–Trinajstić information content (AvgIpc) is 2.13. The maximum absolute atomic E-state index is 10.4. The van der Waals surface area contributed by atoms with E-state index in [2.05, 4.69) is 4.98 Å². The standard InChI is InChI=1S/C4H5N3O2/c5-4(8)3-1-6-2-7(3)9/h1-2,6H,(H2,5,8). The molecule has 0 fully saturated rings. The van der Waals surface area contributed by atoms with Crippen LogP contribution >= 0.6 is 0 Å². The van der Waals surface area contributed by atoms with Gasteiger partial charge in [-0.15, -0.1) is 0 Å². The molecule has 5 heteroatoms. The van der Waals surface area contributed by atoms with Crippen molar-refractivity contribution < 1.29 is 9.52 Å². The lowest BCUT2D eigenvalue weighted by Gasteiger charge is -1.95. The molecule has 0 unspecified atom stereocenters. The number of nitrogens with two attached hydrogens (primary N) is 1. The normalized spacial score (nSPS) is 9.33. The van der Waals surface area contributed by atoms with Gasteiger partial charge in [-0.25, -0.2) is 9.71 Å². The SMILES string of the molecule is NC(=O)c1c[nH]c[n+]1[O-]. The summed E-state index contributed by atoms with van der Waals surface area (Å²) in [6.07, 6.45) is 2.34. The molecule has 0 bridgehead atoms. The van der Waals surface area contributed by atoms with Crippen LogP contribution in [-0.2, 0) is 0 Å². The Hall–Kier alpha value is -1.52. The van der Waals surface area contributed by atoms with E-state index in [1.54, 1.807) is 0 Å². The molecule has 0 aliphatic carbocycles. The predicted octanol–water partition coefficient (Wildman–Crippen LogP) is -1.25. The van der Waals surface area contributed by atoms with Gasteiger partial charge in [0.2, 0.25) is 12.0 Å². The van der Waals surface area contributed by atoms with E-state index in [1.165, 1.54) is 6.20 Å². The Labute approximate surface area is 50.7 Å². The highest BCUT2D eigenvalue weighted by molar-refractivity contribution is 5.88. The number of carbonyl (C=O) groups excluding carboxylic acids is 1. The van der Waals surface area contributed by atoms with Crippen molar-refractivity contribution in [1.29, 1.82) is 0 Å². The van der Waals surface area contributed by atoms with Crippen molar-refractivity contribution in [3.8, 4) is 0 Å². The first-order valence-corrected chi connectivity index (χ1v) is 2.27. The molecule has 1 heterocycles. The molecule has 0 saturated heterocycles. The lowest BCUT2D eigenvalue weighted by atomic mass is 10.5. The number of nitrogens with zero attached hydrogens (tertiary/aromatic N) is 1. The van der Waals surface area contributed by atoms with Crippen LogP contribution in [0.5, 0.6) is 0 Å². The summed E-state index contributed by atoms with van der Waals surface area (Å²) in [6, 6.07) is 0. The van der Waals surface area contributed by atoms with Crippen molar-refractivity contribution in [2.75, 3.05) is 0 Å². The lowest BCUT2D eigenvalue weighted by molar-refractivity contribution is -0.606. The van der Waals surface area contributed by atoms with Gasteiger partial charge in [-0.05, 0) is 0 Å². The van der Waals surface area contributed by atoms with E-state index in [9.17, 15) is 10.0 Å². The first kappa shape index (κ1) is 5.61. The lowest BCUT2D eigenvalue weighted by Crippen LogP contribution is -2.33. The third-order valence-electron chi connectivity index (χ3n) is 0.902. The van der Waals surface area contributed by atoms with Crippen molar-refractivity contribution in [3.63, 3.8) is 0 Å². The number of nitrogens with one attached hydrogen (secondary N) is 1. The summed E-state index contributed by atoms with van der Waals surface area (Å²) in [5.74, 6) is -0.730. The van der Waals surface area contributed by atoms with Crippen molar-refractivity contribution in [1.82, 2.24) is 4.98 Å². The number of imidazole rings is 1. The van der Waals surface area contributed by atoms with Crippen molar-refractivity contribution in [2.24, 2.45) is 5.73 Å². The summed E-state index contributed by atoms with van der Waals surface area (Å²) in [4.78, 5) is 12.7. The Morgan fingerprint density at radius 2 is 2.56 bits per heavy atom. The van der Waals surface area contributed by atoms with Crippen LogP contribution in [0.2, 0.25) is 0 Å². The van der Waals surface area contributed by atoms with Gasteiger partial charge in [-0.2, -0.15) is 0 Å². The van der Waals surface area contributed by atoms with E-state index in [1.807, 2.05) is 0 Å². The number of primary amides is 1. The molecular weight excluding hydrogens is 122 g/mol. The minimum absolute atomic E-state index is 0.0741. The molecule has 48 valence electrons. The van der Waals surface area contributed by atoms with Crippen LogP contribution in [0.25, 0.3) is 0 Å². The Bertz CT molecular complexity index is 229. The monoisotopic (exact) mass is 127 g/mol. The van der Waals surface area contributed by atoms with Crippen molar-refractivity contribution >= 4 is 5.91 Å². The van der Waals surface area contributed by atoms with Gasteiger partial charge >= 0.3 is 0 Å². The number of rotatable bonds is 1. The van der Waals surface area contributed by atoms with Crippen LogP contribution in [0.3, 0.4) is 0 Å². The average molecular weight is 127 g/mol. The Morgan fingerprint density at radius 1 is 1.89 bits per heavy atom. The van der Waals surface area contributed by atoms with Crippen LogP contribution < -0.4 is 10.5 Å². The van der Waals surface area contributed by atoms with Crippen LogP contribution in [0, 0.1) is 5.21 Å². The molecule has 0 aliphatic rings. The molecule has 0 radical (unpaired) electrons. The summed E-state index contributed by atoms with van der Waals surface area (Å²) >= 11 is 0. The van der Waals surface area contributed by atoms with E-state index in [0.717, 1.165) is 6.33 Å². The van der Waals surface area contributed by atoms with Crippen molar-refractivity contribution in [3.05, 3.63) is 23.4 Å². The minimum Gasteiger partial charge on any atom is -0.710 e. The molecule has 0 saturated carbocycles. The third kappa shape index (κ3) is 0.835. The minimum atomic E-state index is -0.730. The fourth-order valence-corrected chi connectivity index (χ4v) is 0.497. The Kier molecular flexibility index (Phi) is 1.11. The van der Waals surface area contributed by atoms with E-state index >= 15 is 0 Å². The fourth-order valence-electron chi connectivity index (χ4n) is 0.497. The molecule has 0 aliphatic heterocycles. The second-order valence-corrected chi connectivity index (χ2v) is 1.52. The van der Waals surface area contributed by atoms with E-state index < -0.39 is 5.91 Å². The number of aromatic amines is 1. The van der Waals surface area contributed by atoms with Gasteiger partial charge in [0, 0.05) is 0 Å². The molecule has 1 amide bonds. The fraction of sp³-hybridized carbons (Fsp3) is 0. The molecule has 0 atom stereocenters. The summed E-state index contributed by atoms with van der Waals surface area (Å²) < 4.78 is 0.377. The first-order valence-electron chi connectivity index (χ1n) is 2.27. The van der Waals surface area contributed by atoms with Gasteiger partial charge in [0.05, 0.1) is 0 Å². The van der Waals surface area contributed by atoms with Crippen molar-refractivity contribution in [2.45, 2.75) is 0 Å². The molecule has 9 heavy (non-hydrogen) atoms. The van der Waals surface area contributed by atoms with Gasteiger partial charge in [-0.3, -0.25) is 4.79 Å². The van der Waals surface area contributed by atoms with E-state index in [4.69, 9.17) is 5.73 Å². The van der Waals surface area contributed by atoms with Crippen LogP contribution in [0.15, 0.2) is 12.5 Å². The number of H-pyrrole nitrogens is 1. The quantitative estimate of drug-likeness (QED) is 0.364. The van der Waals surface area contributed by atoms with Crippen LogP contribution in [0.1, 0.15) is 10.5 Å². The summed E-state index contributed by atoms with van der Waals surface area (Å²) in [6.45, 7) is 0. The highest BCUT2D eigenvalue weighted by Crippen LogP contribution is 1.82.